The van der Waals surface area contributed by atoms with Crippen LogP contribution in [0.3, 0.4) is 0 Å². The molecule has 154 valence electrons. The summed E-state index contributed by atoms with van der Waals surface area (Å²) < 4.78 is 4.10. The molecule has 1 aliphatic carbocycles. The van der Waals surface area contributed by atoms with Crippen molar-refractivity contribution < 1.29 is 4.79 Å². The molecule has 0 atom stereocenters. The van der Waals surface area contributed by atoms with E-state index in [0.29, 0.717) is 29.1 Å². The van der Waals surface area contributed by atoms with Gasteiger partial charge in [0.15, 0.2) is 5.16 Å². The third kappa shape index (κ3) is 4.40. The van der Waals surface area contributed by atoms with Gasteiger partial charge in [-0.15, -0.1) is 16.8 Å². The van der Waals surface area contributed by atoms with Crippen molar-refractivity contribution in [2.75, 3.05) is 11.1 Å². The van der Waals surface area contributed by atoms with Gasteiger partial charge in [0.05, 0.1) is 11.3 Å². The van der Waals surface area contributed by atoms with Gasteiger partial charge in [0, 0.05) is 18.3 Å². The van der Waals surface area contributed by atoms with E-state index >= 15 is 0 Å². The predicted octanol–water partition coefficient (Wildman–Crippen LogP) is 4.30. The van der Waals surface area contributed by atoms with E-state index in [-0.39, 0.29) is 11.7 Å². The van der Waals surface area contributed by atoms with E-state index in [4.69, 9.17) is 0 Å². The topological polar surface area (TPSA) is 88.5 Å². The van der Waals surface area contributed by atoms with E-state index < -0.39 is 0 Å². The van der Waals surface area contributed by atoms with Crippen LogP contribution in [-0.2, 0) is 11.3 Å². The fourth-order valence-electron chi connectivity index (χ4n) is 3.99. The Bertz CT molecular complexity index is 946. The maximum absolute atomic E-state index is 12.8. The van der Waals surface area contributed by atoms with Crippen LogP contribution in [0.25, 0.3) is 0 Å². The summed E-state index contributed by atoms with van der Waals surface area (Å²) in [6.07, 6.45) is 7.57. The summed E-state index contributed by atoms with van der Waals surface area (Å²) in [6, 6.07) is 2.63. The fourth-order valence-corrected chi connectivity index (χ4v) is 4.78. The maximum Gasteiger partial charge on any atom is 0.235 e. The Morgan fingerprint density at radius 1 is 1.31 bits per heavy atom. The molecule has 2 heterocycles. The second-order valence-electron chi connectivity index (χ2n) is 7.47. The van der Waals surface area contributed by atoms with Crippen LogP contribution in [-0.4, -0.2) is 31.0 Å². The standard InChI is InChI=1S/C21H28N6OS/c1-5-11-26-16(4)24-25-21(26)29-13-19(28)23-20-18(12-22)14(2)15(3)27(20)17-9-7-6-8-10-17/h5,17H,1,6-11,13H2,2-4H3,(H,23,28). The molecule has 0 aliphatic heterocycles. The molecule has 3 rings (SSSR count). The predicted molar refractivity (Wildman–Crippen MR) is 115 cm³/mol. The minimum absolute atomic E-state index is 0.146. The average molecular weight is 413 g/mol. The van der Waals surface area contributed by atoms with Crippen molar-refractivity contribution in [1.82, 2.24) is 19.3 Å². The highest BCUT2D eigenvalue weighted by Gasteiger charge is 2.26. The zero-order valence-corrected chi connectivity index (χ0v) is 18.2. The lowest BCUT2D eigenvalue weighted by Gasteiger charge is -2.27. The number of carbonyl (C=O) groups excluding carboxylic acids is 1. The van der Waals surface area contributed by atoms with Gasteiger partial charge in [-0.1, -0.05) is 37.1 Å². The molecule has 1 amide bonds. The van der Waals surface area contributed by atoms with E-state index in [2.05, 4.69) is 32.7 Å². The Balaban J connectivity index is 1.78. The van der Waals surface area contributed by atoms with Gasteiger partial charge in [0.1, 0.15) is 17.7 Å². The molecule has 2 aromatic rings. The second-order valence-corrected chi connectivity index (χ2v) is 8.42. The minimum Gasteiger partial charge on any atom is -0.327 e. The Labute approximate surface area is 176 Å². The number of aryl methyl sites for hydroxylation is 1. The quantitative estimate of drug-likeness (QED) is 0.541. The number of carbonyl (C=O) groups is 1. The van der Waals surface area contributed by atoms with E-state index in [9.17, 15) is 10.1 Å². The zero-order chi connectivity index (χ0) is 21.0. The third-order valence-electron chi connectivity index (χ3n) is 5.61. The van der Waals surface area contributed by atoms with Crippen molar-refractivity contribution in [3.05, 3.63) is 35.3 Å². The number of hydrogen-bond donors (Lipinski definition) is 1. The molecule has 7 nitrogen and oxygen atoms in total. The fraction of sp³-hybridized carbons (Fsp3) is 0.524. The monoisotopic (exact) mass is 412 g/mol. The highest BCUT2D eigenvalue weighted by molar-refractivity contribution is 7.99. The highest BCUT2D eigenvalue weighted by atomic mass is 32.2. The van der Waals surface area contributed by atoms with E-state index in [0.717, 1.165) is 29.9 Å². The Morgan fingerprint density at radius 3 is 2.69 bits per heavy atom. The number of nitriles is 1. The van der Waals surface area contributed by atoms with Crippen molar-refractivity contribution in [2.45, 2.75) is 70.6 Å². The van der Waals surface area contributed by atoms with E-state index in [1.807, 2.05) is 25.3 Å². The Kier molecular flexibility index (Phi) is 6.80. The van der Waals surface area contributed by atoms with Gasteiger partial charge in [-0.2, -0.15) is 5.26 Å². The lowest BCUT2D eigenvalue weighted by Crippen LogP contribution is -2.22. The van der Waals surface area contributed by atoms with Gasteiger partial charge in [-0.3, -0.25) is 4.79 Å². The first-order valence-electron chi connectivity index (χ1n) is 10.0. The van der Waals surface area contributed by atoms with Gasteiger partial charge >= 0.3 is 0 Å². The number of nitrogens with one attached hydrogen (secondary N) is 1. The van der Waals surface area contributed by atoms with Gasteiger partial charge < -0.3 is 14.5 Å². The van der Waals surface area contributed by atoms with Gasteiger partial charge in [-0.25, -0.2) is 0 Å². The summed E-state index contributed by atoms with van der Waals surface area (Å²) in [6.45, 7) is 10.2. The van der Waals surface area contributed by atoms with Gasteiger partial charge in [-0.05, 0) is 39.2 Å². The van der Waals surface area contributed by atoms with Crippen LogP contribution in [0.4, 0.5) is 5.82 Å². The number of hydrogen-bond acceptors (Lipinski definition) is 5. The molecule has 0 unspecified atom stereocenters. The summed E-state index contributed by atoms with van der Waals surface area (Å²) in [7, 11) is 0. The zero-order valence-electron chi connectivity index (χ0n) is 17.4. The molecule has 1 N–H and O–H groups in total. The Hall–Kier alpha value is -2.53. The Morgan fingerprint density at radius 2 is 2.03 bits per heavy atom. The van der Waals surface area contributed by atoms with Gasteiger partial charge in [0.2, 0.25) is 5.91 Å². The first-order chi connectivity index (χ1) is 14.0. The number of amides is 1. The van der Waals surface area contributed by atoms with Crippen molar-refractivity contribution in [2.24, 2.45) is 0 Å². The number of anilines is 1. The average Bonchev–Trinajstić information content (AvgIpc) is 3.18. The molecule has 0 aromatic carbocycles. The number of aromatic nitrogens is 4. The molecule has 2 aromatic heterocycles. The van der Waals surface area contributed by atoms with Crippen LogP contribution in [0.15, 0.2) is 17.8 Å². The highest BCUT2D eigenvalue weighted by Crippen LogP contribution is 2.36. The number of rotatable bonds is 7. The molecule has 1 saturated carbocycles. The number of nitrogens with zero attached hydrogens (tertiary/aromatic N) is 5. The lowest BCUT2D eigenvalue weighted by atomic mass is 9.95. The van der Waals surface area contributed by atoms with Crippen molar-refractivity contribution in [3.63, 3.8) is 0 Å². The normalized spacial score (nSPS) is 14.6. The van der Waals surface area contributed by atoms with E-state index in [1.165, 1.54) is 31.0 Å². The first kappa shape index (κ1) is 21.2. The van der Waals surface area contributed by atoms with Crippen molar-refractivity contribution in [1.29, 1.82) is 5.26 Å². The molecular weight excluding hydrogens is 384 g/mol. The largest absolute Gasteiger partial charge is 0.327 e. The summed E-state index contributed by atoms with van der Waals surface area (Å²) in [4.78, 5) is 12.8. The number of thioether (sulfide) groups is 1. The molecule has 1 fully saturated rings. The van der Waals surface area contributed by atoms with Crippen LogP contribution >= 0.6 is 11.8 Å². The third-order valence-corrected chi connectivity index (χ3v) is 6.58. The summed E-state index contributed by atoms with van der Waals surface area (Å²) in [5, 5.41) is 21.6. The summed E-state index contributed by atoms with van der Waals surface area (Å²) >= 11 is 1.34. The maximum atomic E-state index is 12.8. The molecule has 0 spiro atoms. The van der Waals surface area contributed by atoms with Crippen LogP contribution in [0, 0.1) is 32.1 Å². The minimum atomic E-state index is -0.146. The van der Waals surface area contributed by atoms with Crippen LogP contribution < -0.4 is 5.32 Å². The van der Waals surface area contributed by atoms with Crippen molar-refractivity contribution in [3.8, 4) is 6.07 Å². The van der Waals surface area contributed by atoms with Crippen LogP contribution in [0.1, 0.15) is 60.8 Å². The molecule has 0 saturated heterocycles. The van der Waals surface area contributed by atoms with Crippen molar-refractivity contribution >= 4 is 23.5 Å². The molecule has 0 bridgehead atoms. The lowest BCUT2D eigenvalue weighted by molar-refractivity contribution is -0.113. The molecule has 1 aliphatic rings. The second kappa shape index (κ2) is 9.31. The summed E-state index contributed by atoms with van der Waals surface area (Å²) in [5.74, 6) is 1.49. The SMILES string of the molecule is C=CCn1c(C)nnc1SCC(=O)Nc1c(C#N)c(C)c(C)n1C1CCCCC1. The van der Waals surface area contributed by atoms with Crippen LogP contribution in [0.5, 0.6) is 0 Å². The molecule has 8 heteroatoms. The van der Waals surface area contributed by atoms with E-state index in [1.54, 1.807) is 6.08 Å². The van der Waals surface area contributed by atoms with Gasteiger partial charge in [0.25, 0.3) is 0 Å². The number of allylic oxidation sites excluding steroid dienone is 1. The smallest absolute Gasteiger partial charge is 0.235 e. The first-order valence-corrected chi connectivity index (χ1v) is 11.0. The molecular formula is C21H28N6OS. The van der Waals surface area contributed by atoms with Crippen LogP contribution in [0.2, 0.25) is 0 Å². The molecule has 29 heavy (non-hydrogen) atoms. The molecule has 0 radical (unpaired) electrons. The summed E-state index contributed by atoms with van der Waals surface area (Å²) in [5.41, 5.74) is 2.58.